The van der Waals surface area contributed by atoms with Gasteiger partial charge in [0.25, 0.3) is 0 Å². The third-order valence-electron chi connectivity index (χ3n) is 2.82. The summed E-state index contributed by atoms with van der Waals surface area (Å²) in [7, 11) is 2.11. The van der Waals surface area contributed by atoms with E-state index in [0.717, 1.165) is 25.1 Å². The number of rotatable bonds is 2. The fourth-order valence-corrected chi connectivity index (χ4v) is 1.81. The Bertz CT molecular complexity index is 442. The third kappa shape index (κ3) is 3.28. The Morgan fingerprint density at radius 3 is 2.88 bits per heavy atom. The molecule has 2 heterocycles. The highest BCUT2D eigenvalue weighted by Gasteiger charge is 2.10. The van der Waals surface area contributed by atoms with Gasteiger partial charge in [-0.2, -0.15) is 0 Å². The zero-order valence-corrected chi connectivity index (χ0v) is 10.6. The van der Waals surface area contributed by atoms with E-state index in [-0.39, 0.29) is 18.2 Å². The van der Waals surface area contributed by atoms with Crippen LogP contribution in [-0.4, -0.2) is 35.9 Å². The molecule has 0 saturated carbocycles. The van der Waals surface area contributed by atoms with Crippen LogP contribution in [-0.2, 0) is 0 Å². The first-order chi connectivity index (χ1) is 7.66. The molecule has 0 spiro atoms. The van der Waals surface area contributed by atoms with E-state index in [4.69, 9.17) is 11.1 Å². The molecule has 17 heavy (non-hydrogen) atoms. The van der Waals surface area contributed by atoms with E-state index in [9.17, 15) is 0 Å². The van der Waals surface area contributed by atoms with Crippen LogP contribution < -0.4 is 5.73 Å². The van der Waals surface area contributed by atoms with Crippen molar-refractivity contribution in [3.8, 4) is 0 Å². The number of hydrogen-bond acceptors (Lipinski definition) is 3. The summed E-state index contributed by atoms with van der Waals surface area (Å²) in [5, 5.41) is 7.37. The number of pyridine rings is 1. The summed E-state index contributed by atoms with van der Waals surface area (Å²) in [6.07, 6.45) is 4.98. The van der Waals surface area contributed by atoms with E-state index in [0.29, 0.717) is 5.69 Å². The largest absolute Gasteiger partial charge is 0.382 e. The molecule has 0 bridgehead atoms. The number of hydrogen-bond donors (Lipinski definition) is 2. The summed E-state index contributed by atoms with van der Waals surface area (Å²) in [5.41, 5.74) is 8.44. The van der Waals surface area contributed by atoms with E-state index >= 15 is 0 Å². The fourth-order valence-electron chi connectivity index (χ4n) is 1.81. The Morgan fingerprint density at radius 1 is 1.53 bits per heavy atom. The predicted molar refractivity (Wildman–Crippen MR) is 72.6 cm³/mol. The topological polar surface area (TPSA) is 66.0 Å². The standard InChI is InChI=1S/C12H16N4.ClH/c1-16-6-3-9(4-7-16)10-2-5-15-11(8-10)12(13)14;/h2-3,5,8H,4,6-7H2,1H3,(H3,13,14);1H. The number of nitrogens with zero attached hydrogens (tertiary/aromatic N) is 2. The lowest BCUT2D eigenvalue weighted by molar-refractivity contribution is 0.370. The number of nitrogens with one attached hydrogen (secondary N) is 1. The van der Waals surface area contributed by atoms with Crippen molar-refractivity contribution >= 4 is 23.8 Å². The zero-order valence-electron chi connectivity index (χ0n) is 9.81. The van der Waals surface area contributed by atoms with Gasteiger partial charge in [0.2, 0.25) is 0 Å². The smallest absolute Gasteiger partial charge is 0.141 e. The van der Waals surface area contributed by atoms with E-state index in [1.807, 2.05) is 12.1 Å². The molecule has 3 N–H and O–H groups in total. The highest BCUT2D eigenvalue weighted by Crippen LogP contribution is 2.21. The van der Waals surface area contributed by atoms with Crippen molar-refractivity contribution in [2.24, 2.45) is 5.73 Å². The van der Waals surface area contributed by atoms with Gasteiger partial charge >= 0.3 is 0 Å². The molecule has 0 fully saturated rings. The summed E-state index contributed by atoms with van der Waals surface area (Å²) in [5.74, 6) is 0.0235. The van der Waals surface area contributed by atoms with Crippen LogP contribution in [0.1, 0.15) is 17.7 Å². The van der Waals surface area contributed by atoms with Gasteiger partial charge in [0, 0.05) is 19.3 Å². The molecule has 1 aliphatic heterocycles. The van der Waals surface area contributed by atoms with Gasteiger partial charge < -0.3 is 10.6 Å². The van der Waals surface area contributed by atoms with E-state index in [1.165, 1.54) is 5.57 Å². The molecule has 2 rings (SSSR count). The van der Waals surface area contributed by atoms with Gasteiger partial charge in [-0.15, -0.1) is 12.4 Å². The second-order valence-corrected chi connectivity index (χ2v) is 4.09. The Kier molecular flexibility index (Phi) is 4.66. The Labute approximate surface area is 107 Å². The predicted octanol–water partition coefficient (Wildman–Crippen LogP) is 1.51. The van der Waals surface area contributed by atoms with Crippen molar-refractivity contribution in [2.45, 2.75) is 6.42 Å². The Balaban J connectivity index is 0.00000144. The molecule has 0 radical (unpaired) electrons. The summed E-state index contributed by atoms with van der Waals surface area (Å²) in [6, 6.07) is 3.86. The summed E-state index contributed by atoms with van der Waals surface area (Å²) < 4.78 is 0. The van der Waals surface area contributed by atoms with Gasteiger partial charge in [-0.3, -0.25) is 10.4 Å². The number of aromatic nitrogens is 1. The quantitative estimate of drug-likeness (QED) is 0.619. The van der Waals surface area contributed by atoms with Crippen molar-refractivity contribution in [2.75, 3.05) is 20.1 Å². The number of amidine groups is 1. The molecule has 0 saturated heterocycles. The van der Waals surface area contributed by atoms with Crippen LogP contribution in [0, 0.1) is 5.41 Å². The highest BCUT2D eigenvalue weighted by atomic mass is 35.5. The van der Waals surface area contributed by atoms with Gasteiger partial charge in [-0.1, -0.05) is 6.08 Å². The van der Waals surface area contributed by atoms with E-state index < -0.39 is 0 Å². The number of likely N-dealkylation sites (N-methyl/N-ethyl adjacent to an activating group) is 1. The molecular formula is C12H17ClN4. The van der Waals surface area contributed by atoms with Gasteiger partial charge in [0.05, 0.1) is 0 Å². The summed E-state index contributed by atoms with van der Waals surface area (Å²) in [4.78, 5) is 6.34. The molecule has 1 aromatic heterocycles. The van der Waals surface area contributed by atoms with Gasteiger partial charge in [-0.05, 0) is 36.7 Å². The van der Waals surface area contributed by atoms with Crippen molar-refractivity contribution in [1.82, 2.24) is 9.88 Å². The normalized spacial score (nSPS) is 15.9. The first-order valence-electron chi connectivity index (χ1n) is 5.35. The molecule has 92 valence electrons. The average molecular weight is 253 g/mol. The average Bonchev–Trinajstić information content (AvgIpc) is 2.30. The number of halogens is 1. The number of nitrogens with two attached hydrogens (primary N) is 1. The summed E-state index contributed by atoms with van der Waals surface area (Å²) in [6.45, 7) is 2.05. The van der Waals surface area contributed by atoms with Crippen LogP contribution in [0.25, 0.3) is 5.57 Å². The molecule has 1 aliphatic rings. The van der Waals surface area contributed by atoms with Crippen LogP contribution in [0.5, 0.6) is 0 Å². The maximum atomic E-state index is 7.37. The Morgan fingerprint density at radius 2 is 2.29 bits per heavy atom. The maximum absolute atomic E-state index is 7.37. The maximum Gasteiger partial charge on any atom is 0.141 e. The van der Waals surface area contributed by atoms with Crippen LogP contribution in [0.3, 0.4) is 0 Å². The zero-order chi connectivity index (χ0) is 11.5. The van der Waals surface area contributed by atoms with Crippen molar-refractivity contribution in [3.63, 3.8) is 0 Å². The summed E-state index contributed by atoms with van der Waals surface area (Å²) >= 11 is 0. The Hall–Kier alpha value is -1.39. The van der Waals surface area contributed by atoms with Crippen molar-refractivity contribution in [1.29, 1.82) is 5.41 Å². The molecule has 0 aliphatic carbocycles. The number of nitrogen functional groups attached to an aromatic ring is 1. The minimum atomic E-state index is 0. The van der Waals surface area contributed by atoms with Gasteiger partial charge in [0.1, 0.15) is 11.5 Å². The first kappa shape index (κ1) is 13.7. The minimum Gasteiger partial charge on any atom is -0.382 e. The third-order valence-corrected chi connectivity index (χ3v) is 2.82. The van der Waals surface area contributed by atoms with Crippen molar-refractivity contribution < 1.29 is 0 Å². The molecular weight excluding hydrogens is 236 g/mol. The molecule has 0 unspecified atom stereocenters. The monoisotopic (exact) mass is 252 g/mol. The molecule has 0 atom stereocenters. The van der Waals surface area contributed by atoms with Gasteiger partial charge in [0.15, 0.2) is 0 Å². The van der Waals surface area contributed by atoms with Crippen LogP contribution >= 0.6 is 12.4 Å². The molecule has 5 heteroatoms. The van der Waals surface area contributed by atoms with Crippen LogP contribution in [0.15, 0.2) is 24.4 Å². The molecule has 4 nitrogen and oxygen atoms in total. The molecule has 1 aromatic rings. The first-order valence-corrected chi connectivity index (χ1v) is 5.35. The fraction of sp³-hybridized carbons (Fsp3) is 0.333. The SMILES string of the molecule is CN1CC=C(c2ccnc(C(=N)N)c2)CC1.Cl. The van der Waals surface area contributed by atoms with E-state index in [2.05, 4.69) is 23.0 Å². The van der Waals surface area contributed by atoms with Crippen molar-refractivity contribution in [3.05, 3.63) is 35.7 Å². The van der Waals surface area contributed by atoms with Crippen LogP contribution in [0.2, 0.25) is 0 Å². The highest BCUT2D eigenvalue weighted by molar-refractivity contribution is 5.93. The van der Waals surface area contributed by atoms with Crippen LogP contribution in [0.4, 0.5) is 0 Å². The lowest BCUT2D eigenvalue weighted by atomic mass is 10.00. The lowest BCUT2D eigenvalue weighted by Gasteiger charge is -2.22. The second kappa shape index (κ2) is 5.80. The van der Waals surface area contributed by atoms with Gasteiger partial charge in [-0.25, -0.2) is 0 Å². The van der Waals surface area contributed by atoms with E-state index in [1.54, 1.807) is 6.20 Å². The minimum absolute atomic E-state index is 0. The molecule has 0 aromatic carbocycles. The lowest BCUT2D eigenvalue weighted by Crippen LogP contribution is -2.23. The second-order valence-electron chi connectivity index (χ2n) is 4.09. The molecule has 0 amide bonds.